The van der Waals surface area contributed by atoms with Crippen LogP contribution in [0.1, 0.15) is 19.0 Å². The van der Waals surface area contributed by atoms with Gasteiger partial charge in [0.15, 0.2) is 5.13 Å². The highest BCUT2D eigenvalue weighted by atomic mass is 32.1. The van der Waals surface area contributed by atoms with Gasteiger partial charge in [0.2, 0.25) is 0 Å². The number of hydrogen-bond donors (Lipinski definition) is 3. The van der Waals surface area contributed by atoms with E-state index in [1.54, 1.807) is 6.92 Å². The van der Waals surface area contributed by atoms with Crippen molar-refractivity contribution in [3.05, 3.63) is 11.1 Å². The molecule has 1 heterocycles. The first-order chi connectivity index (χ1) is 7.08. The summed E-state index contributed by atoms with van der Waals surface area (Å²) in [5, 5.41) is 16.7. The molecule has 0 aliphatic heterocycles. The van der Waals surface area contributed by atoms with Crippen molar-refractivity contribution in [2.24, 2.45) is 0 Å². The molecule has 1 rings (SSSR count). The van der Waals surface area contributed by atoms with E-state index in [2.05, 4.69) is 15.6 Å². The van der Waals surface area contributed by atoms with E-state index in [9.17, 15) is 4.79 Å². The fourth-order valence-electron chi connectivity index (χ4n) is 0.947. The number of carbonyl (C=O) groups is 1. The summed E-state index contributed by atoms with van der Waals surface area (Å²) < 4.78 is 0. The number of rotatable bonds is 4. The van der Waals surface area contributed by atoms with Crippen LogP contribution in [0.15, 0.2) is 5.38 Å². The van der Waals surface area contributed by atoms with E-state index in [4.69, 9.17) is 5.11 Å². The van der Waals surface area contributed by atoms with Crippen molar-refractivity contribution in [1.29, 1.82) is 0 Å². The highest BCUT2D eigenvalue weighted by molar-refractivity contribution is 7.13. The van der Waals surface area contributed by atoms with E-state index in [0.717, 1.165) is 5.69 Å². The van der Waals surface area contributed by atoms with Gasteiger partial charge < -0.3 is 10.4 Å². The molecule has 0 radical (unpaired) electrons. The van der Waals surface area contributed by atoms with Crippen LogP contribution in [0.2, 0.25) is 0 Å². The maximum Gasteiger partial charge on any atom is 0.321 e. The Balaban J connectivity index is 2.24. The van der Waals surface area contributed by atoms with E-state index < -0.39 is 6.10 Å². The molecule has 1 aromatic heterocycles. The van der Waals surface area contributed by atoms with Gasteiger partial charge in [0.1, 0.15) is 0 Å². The van der Waals surface area contributed by atoms with Crippen LogP contribution in [-0.2, 0) is 0 Å². The maximum absolute atomic E-state index is 11.3. The quantitative estimate of drug-likeness (QED) is 0.729. The predicted octanol–water partition coefficient (Wildman–Crippen LogP) is 1.34. The predicted molar refractivity (Wildman–Crippen MR) is 60.2 cm³/mol. The third-order valence-electron chi connectivity index (χ3n) is 1.69. The minimum absolute atomic E-state index is 0.287. The lowest BCUT2D eigenvalue weighted by molar-refractivity contribution is 0.184. The van der Waals surface area contributed by atoms with Crippen LogP contribution < -0.4 is 10.6 Å². The smallest absolute Gasteiger partial charge is 0.321 e. The van der Waals surface area contributed by atoms with Gasteiger partial charge in [0.25, 0.3) is 0 Å². The van der Waals surface area contributed by atoms with E-state index in [1.165, 1.54) is 11.3 Å². The Labute approximate surface area is 92.5 Å². The summed E-state index contributed by atoms with van der Waals surface area (Å²) in [6.45, 7) is 4.00. The lowest BCUT2D eigenvalue weighted by Crippen LogP contribution is -2.30. The second kappa shape index (κ2) is 5.67. The number of anilines is 1. The van der Waals surface area contributed by atoms with Crippen LogP contribution in [0.25, 0.3) is 0 Å². The van der Waals surface area contributed by atoms with Gasteiger partial charge in [-0.2, -0.15) is 0 Å². The summed E-state index contributed by atoms with van der Waals surface area (Å²) in [7, 11) is 0. The summed E-state index contributed by atoms with van der Waals surface area (Å²) >= 11 is 1.39. The van der Waals surface area contributed by atoms with Crippen LogP contribution in [0, 0.1) is 6.92 Å². The molecule has 0 fully saturated rings. The normalized spacial score (nSPS) is 12.2. The molecule has 0 aliphatic carbocycles. The molecule has 0 saturated carbocycles. The zero-order chi connectivity index (χ0) is 11.3. The highest BCUT2D eigenvalue weighted by Crippen LogP contribution is 2.13. The Kier molecular flexibility index (Phi) is 4.51. The van der Waals surface area contributed by atoms with Crippen molar-refractivity contribution in [3.63, 3.8) is 0 Å². The SMILES string of the molecule is Cc1csc(NC(=O)NCCC(C)O)n1. The molecule has 0 aromatic carbocycles. The third-order valence-corrected chi connectivity index (χ3v) is 2.56. The zero-order valence-corrected chi connectivity index (χ0v) is 9.60. The molecule has 84 valence electrons. The summed E-state index contributed by atoms with van der Waals surface area (Å²) in [6.07, 6.45) is 0.150. The van der Waals surface area contributed by atoms with Gasteiger partial charge in [-0.3, -0.25) is 5.32 Å². The molecule has 0 aliphatic rings. The Morgan fingerprint density at radius 1 is 1.73 bits per heavy atom. The number of aromatic nitrogens is 1. The molecule has 1 atom stereocenters. The second-order valence-electron chi connectivity index (χ2n) is 3.31. The number of aliphatic hydroxyl groups is 1. The summed E-state index contributed by atoms with van der Waals surface area (Å²) in [4.78, 5) is 15.4. The van der Waals surface area contributed by atoms with Crippen molar-refractivity contribution in [3.8, 4) is 0 Å². The average molecular weight is 229 g/mol. The summed E-state index contributed by atoms with van der Waals surface area (Å²) in [6, 6.07) is -0.287. The molecule has 15 heavy (non-hydrogen) atoms. The van der Waals surface area contributed by atoms with Crippen LogP contribution in [0.5, 0.6) is 0 Å². The molecular formula is C9H15N3O2S. The number of aliphatic hydroxyl groups excluding tert-OH is 1. The van der Waals surface area contributed by atoms with E-state index in [1.807, 2.05) is 12.3 Å². The van der Waals surface area contributed by atoms with Crippen LogP contribution >= 0.6 is 11.3 Å². The van der Waals surface area contributed by atoms with Gasteiger partial charge in [0.05, 0.1) is 11.8 Å². The molecule has 0 spiro atoms. The van der Waals surface area contributed by atoms with Gasteiger partial charge in [-0.05, 0) is 20.3 Å². The third kappa shape index (κ3) is 4.75. The Hall–Kier alpha value is -1.14. The van der Waals surface area contributed by atoms with Gasteiger partial charge in [0, 0.05) is 11.9 Å². The van der Waals surface area contributed by atoms with Crippen molar-refractivity contribution in [1.82, 2.24) is 10.3 Å². The number of aryl methyl sites for hydroxylation is 1. The second-order valence-corrected chi connectivity index (χ2v) is 4.17. The van der Waals surface area contributed by atoms with E-state index >= 15 is 0 Å². The first kappa shape index (κ1) is 11.9. The fraction of sp³-hybridized carbons (Fsp3) is 0.556. The van der Waals surface area contributed by atoms with Crippen molar-refractivity contribution in [2.75, 3.05) is 11.9 Å². The molecule has 2 amide bonds. The summed E-state index contributed by atoms with van der Waals surface area (Å²) in [5.41, 5.74) is 0.888. The summed E-state index contributed by atoms with van der Waals surface area (Å²) in [5.74, 6) is 0. The van der Waals surface area contributed by atoms with E-state index in [-0.39, 0.29) is 6.03 Å². The minimum atomic E-state index is -0.396. The molecule has 0 saturated heterocycles. The van der Waals surface area contributed by atoms with Crippen LogP contribution in [0.4, 0.5) is 9.93 Å². The standard InChI is InChI=1S/C9H15N3O2S/c1-6-5-15-9(11-6)12-8(14)10-4-3-7(2)13/h5,7,13H,3-4H2,1-2H3,(H2,10,11,12,14). The molecule has 3 N–H and O–H groups in total. The van der Waals surface area contributed by atoms with Gasteiger partial charge >= 0.3 is 6.03 Å². The van der Waals surface area contributed by atoms with E-state index in [0.29, 0.717) is 18.1 Å². The minimum Gasteiger partial charge on any atom is -0.393 e. The fourth-order valence-corrected chi connectivity index (χ4v) is 1.63. The van der Waals surface area contributed by atoms with Crippen LogP contribution in [0.3, 0.4) is 0 Å². The first-order valence-electron chi connectivity index (χ1n) is 4.73. The molecule has 0 bridgehead atoms. The van der Waals surface area contributed by atoms with Crippen molar-refractivity contribution < 1.29 is 9.90 Å². The maximum atomic E-state index is 11.3. The zero-order valence-electron chi connectivity index (χ0n) is 8.78. The molecule has 6 heteroatoms. The molecule has 1 unspecified atom stereocenters. The van der Waals surface area contributed by atoms with Gasteiger partial charge in [-0.15, -0.1) is 11.3 Å². The van der Waals surface area contributed by atoms with Gasteiger partial charge in [-0.1, -0.05) is 0 Å². The van der Waals surface area contributed by atoms with Crippen molar-refractivity contribution in [2.45, 2.75) is 26.4 Å². The van der Waals surface area contributed by atoms with Crippen LogP contribution in [-0.4, -0.2) is 28.8 Å². The number of amides is 2. The first-order valence-corrected chi connectivity index (χ1v) is 5.61. The topological polar surface area (TPSA) is 74.2 Å². The lowest BCUT2D eigenvalue weighted by Gasteiger charge is -2.06. The van der Waals surface area contributed by atoms with Gasteiger partial charge in [-0.25, -0.2) is 9.78 Å². The number of carbonyl (C=O) groups excluding carboxylic acids is 1. The number of nitrogens with one attached hydrogen (secondary N) is 2. The monoisotopic (exact) mass is 229 g/mol. The number of urea groups is 1. The average Bonchev–Trinajstić information content (AvgIpc) is 2.50. The molecular weight excluding hydrogens is 214 g/mol. The number of thiazole rings is 1. The number of nitrogens with zero attached hydrogens (tertiary/aromatic N) is 1. The molecule has 5 nitrogen and oxygen atoms in total. The van der Waals surface area contributed by atoms with Crippen molar-refractivity contribution >= 4 is 22.5 Å². The molecule has 1 aromatic rings. The lowest BCUT2D eigenvalue weighted by atomic mass is 10.3. The Morgan fingerprint density at radius 3 is 3.00 bits per heavy atom. The largest absolute Gasteiger partial charge is 0.393 e. The Morgan fingerprint density at radius 2 is 2.47 bits per heavy atom. The highest BCUT2D eigenvalue weighted by Gasteiger charge is 2.04. The Bertz CT molecular complexity index is 325. The number of hydrogen-bond acceptors (Lipinski definition) is 4.